The second kappa shape index (κ2) is 5.74. The number of aryl methyl sites for hydroxylation is 1. The van der Waals surface area contributed by atoms with E-state index in [9.17, 15) is 4.79 Å². The Kier molecular flexibility index (Phi) is 3.43. The molecule has 4 aromatic rings. The van der Waals surface area contributed by atoms with Crippen LogP contribution in [0.4, 0.5) is 0 Å². The molecular weight excluding hydrogens is 298 g/mol. The van der Waals surface area contributed by atoms with Crippen LogP contribution in [0.25, 0.3) is 28.0 Å². The van der Waals surface area contributed by atoms with Crippen molar-refractivity contribution in [2.24, 2.45) is 0 Å². The molecule has 4 nitrogen and oxygen atoms in total. The number of rotatable bonds is 3. The van der Waals surface area contributed by atoms with E-state index in [4.69, 9.17) is 4.98 Å². The summed E-state index contributed by atoms with van der Waals surface area (Å²) in [4.78, 5) is 15.7. The predicted molar refractivity (Wildman–Crippen MR) is 94.0 cm³/mol. The summed E-state index contributed by atoms with van der Waals surface area (Å²) in [5, 5.41) is 4.37. The molecule has 0 saturated carbocycles. The first kappa shape index (κ1) is 14.3. The van der Waals surface area contributed by atoms with Crippen LogP contribution in [0.15, 0.2) is 67.0 Å². The van der Waals surface area contributed by atoms with Crippen molar-refractivity contribution in [1.29, 1.82) is 0 Å². The third-order valence-corrected chi connectivity index (χ3v) is 4.07. The van der Waals surface area contributed by atoms with Crippen LogP contribution in [-0.2, 0) is 0 Å². The Hall–Kier alpha value is -3.27. The Labute approximate surface area is 139 Å². The molecule has 0 saturated heterocycles. The van der Waals surface area contributed by atoms with Crippen LogP contribution in [0.5, 0.6) is 0 Å². The Morgan fingerprint density at radius 1 is 0.958 bits per heavy atom. The summed E-state index contributed by atoms with van der Waals surface area (Å²) in [6, 6.07) is 17.6. The number of hydrogen-bond acceptors (Lipinski definition) is 3. The average Bonchev–Trinajstić information content (AvgIpc) is 3.02. The number of aromatic nitrogens is 3. The van der Waals surface area contributed by atoms with E-state index in [0.717, 1.165) is 39.9 Å². The Morgan fingerprint density at radius 3 is 2.42 bits per heavy atom. The average molecular weight is 313 g/mol. The van der Waals surface area contributed by atoms with Crippen LogP contribution in [0.2, 0.25) is 0 Å². The SMILES string of the molecule is Cc1cnn2cc(-c3ccccc3)c(-c3ccc(C=O)cc3)nc12. The Bertz CT molecular complexity index is 1020. The molecule has 0 radical (unpaired) electrons. The van der Waals surface area contributed by atoms with E-state index < -0.39 is 0 Å². The van der Waals surface area contributed by atoms with Gasteiger partial charge in [-0.3, -0.25) is 4.79 Å². The lowest BCUT2D eigenvalue weighted by molar-refractivity contribution is 0.112. The smallest absolute Gasteiger partial charge is 0.158 e. The molecule has 24 heavy (non-hydrogen) atoms. The van der Waals surface area contributed by atoms with E-state index in [1.54, 1.807) is 4.52 Å². The number of carbonyl (C=O) groups excluding carboxylic acids is 1. The normalized spacial score (nSPS) is 10.9. The van der Waals surface area contributed by atoms with Gasteiger partial charge in [-0.15, -0.1) is 0 Å². The molecular formula is C20H15N3O. The highest BCUT2D eigenvalue weighted by molar-refractivity contribution is 5.83. The number of nitrogens with zero attached hydrogens (tertiary/aromatic N) is 3. The molecule has 0 fully saturated rings. The lowest BCUT2D eigenvalue weighted by atomic mass is 10.00. The zero-order valence-electron chi connectivity index (χ0n) is 13.2. The molecule has 116 valence electrons. The fourth-order valence-electron chi connectivity index (χ4n) is 2.79. The van der Waals surface area contributed by atoms with Crippen molar-refractivity contribution in [1.82, 2.24) is 14.6 Å². The lowest BCUT2D eigenvalue weighted by Crippen LogP contribution is -1.97. The third-order valence-electron chi connectivity index (χ3n) is 4.07. The number of fused-ring (bicyclic) bond motifs is 1. The first-order valence-corrected chi connectivity index (χ1v) is 7.72. The molecule has 0 spiro atoms. The zero-order chi connectivity index (χ0) is 16.5. The molecule has 0 aliphatic carbocycles. The minimum atomic E-state index is 0.654. The van der Waals surface area contributed by atoms with Gasteiger partial charge >= 0.3 is 0 Å². The van der Waals surface area contributed by atoms with Crippen LogP contribution >= 0.6 is 0 Å². The summed E-state index contributed by atoms with van der Waals surface area (Å²) in [5.41, 5.74) is 6.46. The van der Waals surface area contributed by atoms with Gasteiger partial charge in [0.25, 0.3) is 0 Å². The van der Waals surface area contributed by atoms with E-state index in [2.05, 4.69) is 17.2 Å². The molecule has 0 aliphatic rings. The Morgan fingerprint density at radius 2 is 1.71 bits per heavy atom. The highest BCUT2D eigenvalue weighted by Crippen LogP contribution is 2.31. The molecule has 0 amide bonds. The summed E-state index contributed by atoms with van der Waals surface area (Å²) in [5.74, 6) is 0. The van der Waals surface area contributed by atoms with Crippen molar-refractivity contribution in [3.8, 4) is 22.4 Å². The largest absolute Gasteiger partial charge is 0.298 e. The van der Waals surface area contributed by atoms with Crippen molar-refractivity contribution in [2.75, 3.05) is 0 Å². The van der Waals surface area contributed by atoms with E-state index >= 15 is 0 Å². The molecule has 0 bridgehead atoms. The minimum absolute atomic E-state index is 0.654. The quantitative estimate of drug-likeness (QED) is 0.533. The van der Waals surface area contributed by atoms with Crippen LogP contribution in [-0.4, -0.2) is 20.9 Å². The molecule has 2 aromatic heterocycles. The third kappa shape index (κ3) is 2.38. The van der Waals surface area contributed by atoms with Crippen molar-refractivity contribution in [2.45, 2.75) is 6.92 Å². The maximum absolute atomic E-state index is 10.9. The van der Waals surface area contributed by atoms with Gasteiger partial charge in [0, 0.05) is 28.5 Å². The van der Waals surface area contributed by atoms with Crippen LogP contribution in [0.1, 0.15) is 15.9 Å². The van der Waals surface area contributed by atoms with Gasteiger partial charge in [0.1, 0.15) is 6.29 Å². The summed E-state index contributed by atoms with van der Waals surface area (Å²) in [7, 11) is 0. The fourth-order valence-corrected chi connectivity index (χ4v) is 2.79. The molecule has 4 heteroatoms. The van der Waals surface area contributed by atoms with Crippen molar-refractivity contribution < 1.29 is 4.79 Å². The van der Waals surface area contributed by atoms with Gasteiger partial charge in [0.05, 0.1) is 11.9 Å². The van der Waals surface area contributed by atoms with Gasteiger partial charge in [-0.25, -0.2) is 9.50 Å². The second-order valence-corrected chi connectivity index (χ2v) is 5.70. The van der Waals surface area contributed by atoms with Gasteiger partial charge in [0.15, 0.2) is 5.65 Å². The van der Waals surface area contributed by atoms with Gasteiger partial charge in [0.2, 0.25) is 0 Å². The monoisotopic (exact) mass is 313 g/mol. The zero-order valence-corrected chi connectivity index (χ0v) is 13.2. The Balaban J connectivity index is 1.99. The number of aldehydes is 1. The molecule has 4 rings (SSSR count). The van der Waals surface area contributed by atoms with Gasteiger partial charge < -0.3 is 0 Å². The summed E-state index contributed by atoms with van der Waals surface area (Å²) >= 11 is 0. The molecule has 0 unspecified atom stereocenters. The molecule has 0 N–H and O–H groups in total. The standard InChI is InChI=1S/C20H15N3O/c1-14-11-21-23-12-18(16-5-3-2-4-6-16)19(22-20(14)23)17-9-7-15(13-24)8-10-17/h2-13H,1H3. The summed E-state index contributed by atoms with van der Waals surface area (Å²) < 4.78 is 1.81. The lowest BCUT2D eigenvalue weighted by Gasteiger charge is -2.11. The van der Waals surface area contributed by atoms with Gasteiger partial charge in [-0.2, -0.15) is 5.10 Å². The molecule has 2 aromatic carbocycles. The highest BCUT2D eigenvalue weighted by Gasteiger charge is 2.13. The fraction of sp³-hybridized carbons (Fsp3) is 0.0500. The highest BCUT2D eigenvalue weighted by atomic mass is 16.1. The summed E-state index contributed by atoms with van der Waals surface area (Å²) in [6.45, 7) is 2.00. The maximum atomic E-state index is 10.9. The summed E-state index contributed by atoms with van der Waals surface area (Å²) in [6.07, 6.45) is 4.67. The van der Waals surface area contributed by atoms with Crippen LogP contribution in [0.3, 0.4) is 0 Å². The van der Waals surface area contributed by atoms with E-state index in [0.29, 0.717) is 5.56 Å². The van der Waals surface area contributed by atoms with Crippen molar-refractivity contribution >= 4 is 11.9 Å². The van der Waals surface area contributed by atoms with Gasteiger partial charge in [-0.1, -0.05) is 54.6 Å². The maximum Gasteiger partial charge on any atom is 0.158 e. The number of carbonyl (C=O) groups is 1. The number of hydrogen-bond donors (Lipinski definition) is 0. The number of benzene rings is 2. The van der Waals surface area contributed by atoms with Gasteiger partial charge in [-0.05, 0) is 12.5 Å². The topological polar surface area (TPSA) is 47.3 Å². The van der Waals surface area contributed by atoms with Crippen molar-refractivity contribution in [3.63, 3.8) is 0 Å². The molecule has 2 heterocycles. The predicted octanol–water partition coefficient (Wildman–Crippen LogP) is 4.18. The van der Waals surface area contributed by atoms with E-state index in [1.165, 1.54) is 0 Å². The second-order valence-electron chi connectivity index (χ2n) is 5.70. The van der Waals surface area contributed by atoms with Crippen molar-refractivity contribution in [3.05, 3.63) is 78.1 Å². The van der Waals surface area contributed by atoms with E-state index in [1.807, 2.05) is 61.8 Å². The van der Waals surface area contributed by atoms with Crippen LogP contribution in [0, 0.1) is 6.92 Å². The first-order valence-electron chi connectivity index (χ1n) is 7.72. The minimum Gasteiger partial charge on any atom is -0.298 e. The first-order chi connectivity index (χ1) is 11.8. The molecule has 0 atom stereocenters. The van der Waals surface area contributed by atoms with Crippen LogP contribution < -0.4 is 0 Å². The molecule has 0 aliphatic heterocycles. The van der Waals surface area contributed by atoms with E-state index in [-0.39, 0.29) is 0 Å².